The first-order chi connectivity index (χ1) is 13.8. The summed E-state index contributed by atoms with van der Waals surface area (Å²) in [7, 11) is 1.61. The van der Waals surface area contributed by atoms with Crippen LogP contribution in [0.3, 0.4) is 0 Å². The van der Waals surface area contributed by atoms with E-state index in [9.17, 15) is 0 Å². The molecule has 3 aromatic rings. The highest BCUT2D eigenvalue weighted by molar-refractivity contribution is 6.00. The SMILES string of the molecule is CCC(=NOCCOc1c[c]cc(OC)c1)c1ccc(-c2ccccc2)cc1. The van der Waals surface area contributed by atoms with Crippen LogP contribution >= 0.6 is 0 Å². The van der Waals surface area contributed by atoms with Crippen LogP contribution < -0.4 is 9.47 Å². The number of oxime groups is 1. The zero-order valence-electron chi connectivity index (χ0n) is 16.2. The summed E-state index contributed by atoms with van der Waals surface area (Å²) in [6.45, 7) is 2.83. The Labute approximate surface area is 166 Å². The topological polar surface area (TPSA) is 40.0 Å². The second kappa shape index (κ2) is 10.2. The number of hydrogen-bond donors (Lipinski definition) is 0. The third-order valence-electron chi connectivity index (χ3n) is 4.25. The fourth-order valence-corrected chi connectivity index (χ4v) is 2.76. The minimum Gasteiger partial charge on any atom is -0.497 e. The predicted octanol–water partition coefficient (Wildman–Crippen LogP) is 5.37. The van der Waals surface area contributed by atoms with Crippen molar-refractivity contribution in [2.75, 3.05) is 20.3 Å². The lowest BCUT2D eigenvalue weighted by atomic mass is 10.0. The molecular weight excluding hydrogens is 350 g/mol. The molecule has 0 aliphatic carbocycles. The third-order valence-corrected chi connectivity index (χ3v) is 4.25. The maximum Gasteiger partial charge on any atom is 0.151 e. The van der Waals surface area contributed by atoms with E-state index in [2.05, 4.69) is 54.5 Å². The van der Waals surface area contributed by atoms with Crippen molar-refractivity contribution in [2.45, 2.75) is 13.3 Å². The Balaban J connectivity index is 1.53. The Hall–Kier alpha value is -3.27. The van der Waals surface area contributed by atoms with E-state index in [4.69, 9.17) is 14.3 Å². The molecule has 0 N–H and O–H groups in total. The molecular formula is C24H24NO3. The van der Waals surface area contributed by atoms with Crippen molar-refractivity contribution < 1.29 is 14.3 Å². The molecule has 3 rings (SSSR count). The van der Waals surface area contributed by atoms with Gasteiger partial charge in [-0.3, -0.25) is 0 Å². The van der Waals surface area contributed by atoms with Gasteiger partial charge in [0.15, 0.2) is 6.61 Å². The van der Waals surface area contributed by atoms with Crippen molar-refractivity contribution >= 4 is 5.71 Å². The van der Waals surface area contributed by atoms with Crippen molar-refractivity contribution in [3.05, 3.63) is 84.4 Å². The van der Waals surface area contributed by atoms with Crippen LogP contribution in [-0.4, -0.2) is 26.0 Å². The number of benzene rings is 3. The van der Waals surface area contributed by atoms with Crippen molar-refractivity contribution in [1.82, 2.24) is 0 Å². The number of ether oxygens (including phenoxy) is 2. The van der Waals surface area contributed by atoms with Gasteiger partial charge in [-0.2, -0.15) is 0 Å². The Morgan fingerprint density at radius 2 is 1.61 bits per heavy atom. The highest BCUT2D eigenvalue weighted by atomic mass is 16.6. The lowest BCUT2D eigenvalue weighted by Gasteiger charge is -2.08. The molecule has 0 saturated heterocycles. The molecule has 4 heteroatoms. The molecule has 0 aromatic heterocycles. The van der Waals surface area contributed by atoms with Gasteiger partial charge in [-0.25, -0.2) is 0 Å². The van der Waals surface area contributed by atoms with E-state index in [1.165, 1.54) is 11.1 Å². The Morgan fingerprint density at radius 1 is 0.893 bits per heavy atom. The summed E-state index contributed by atoms with van der Waals surface area (Å²) in [5.41, 5.74) is 4.36. The first-order valence-corrected chi connectivity index (χ1v) is 9.32. The van der Waals surface area contributed by atoms with Gasteiger partial charge in [-0.1, -0.05) is 66.7 Å². The summed E-state index contributed by atoms with van der Waals surface area (Å²) in [6, 6.07) is 27.0. The van der Waals surface area contributed by atoms with E-state index in [-0.39, 0.29) is 0 Å². The fourth-order valence-electron chi connectivity index (χ4n) is 2.76. The van der Waals surface area contributed by atoms with E-state index in [0.29, 0.717) is 24.7 Å². The highest BCUT2D eigenvalue weighted by Crippen LogP contribution is 2.20. The summed E-state index contributed by atoms with van der Waals surface area (Å²) in [5.74, 6) is 1.41. The van der Waals surface area contributed by atoms with Gasteiger partial charge in [-0.15, -0.1) is 0 Å². The summed E-state index contributed by atoms with van der Waals surface area (Å²) >= 11 is 0. The minimum atomic E-state index is 0.364. The van der Waals surface area contributed by atoms with Gasteiger partial charge in [0.1, 0.15) is 18.1 Å². The number of rotatable bonds is 9. The van der Waals surface area contributed by atoms with E-state index < -0.39 is 0 Å². The number of hydrogen-bond acceptors (Lipinski definition) is 4. The molecule has 28 heavy (non-hydrogen) atoms. The Bertz CT molecular complexity index is 889. The van der Waals surface area contributed by atoms with Crippen LogP contribution in [0.15, 0.2) is 78.0 Å². The second-order valence-electron chi connectivity index (χ2n) is 6.13. The molecule has 0 saturated carbocycles. The summed E-state index contributed by atoms with van der Waals surface area (Å²) in [6.07, 6.45) is 0.788. The molecule has 4 nitrogen and oxygen atoms in total. The molecule has 0 bridgehead atoms. The van der Waals surface area contributed by atoms with Crippen LogP contribution in [0.2, 0.25) is 0 Å². The molecule has 143 valence electrons. The lowest BCUT2D eigenvalue weighted by Crippen LogP contribution is -2.06. The highest BCUT2D eigenvalue weighted by Gasteiger charge is 2.04. The van der Waals surface area contributed by atoms with E-state index >= 15 is 0 Å². The Morgan fingerprint density at radius 3 is 2.32 bits per heavy atom. The normalized spacial score (nSPS) is 11.1. The van der Waals surface area contributed by atoms with E-state index in [1.54, 1.807) is 19.2 Å². The van der Waals surface area contributed by atoms with Gasteiger partial charge in [-0.05, 0) is 41.3 Å². The lowest BCUT2D eigenvalue weighted by molar-refractivity contribution is 0.107. The van der Waals surface area contributed by atoms with Crippen molar-refractivity contribution in [2.24, 2.45) is 5.16 Å². The van der Waals surface area contributed by atoms with Crippen LogP contribution in [0.5, 0.6) is 11.5 Å². The van der Waals surface area contributed by atoms with Gasteiger partial charge in [0.2, 0.25) is 0 Å². The molecule has 3 aromatic carbocycles. The van der Waals surface area contributed by atoms with Crippen LogP contribution in [0, 0.1) is 6.07 Å². The van der Waals surface area contributed by atoms with E-state index in [1.807, 2.05) is 24.3 Å². The van der Waals surface area contributed by atoms with Gasteiger partial charge in [0, 0.05) is 6.07 Å². The maximum absolute atomic E-state index is 5.63. The molecule has 0 aliphatic heterocycles. The third kappa shape index (κ3) is 5.36. The molecule has 0 amide bonds. The summed E-state index contributed by atoms with van der Waals surface area (Å²) < 4.78 is 10.8. The molecule has 0 heterocycles. The van der Waals surface area contributed by atoms with Gasteiger partial charge in [0.05, 0.1) is 12.8 Å². The van der Waals surface area contributed by atoms with Crippen molar-refractivity contribution in [3.63, 3.8) is 0 Å². The number of methoxy groups -OCH3 is 1. The summed E-state index contributed by atoms with van der Waals surface area (Å²) in [4.78, 5) is 5.46. The molecule has 0 unspecified atom stereocenters. The maximum atomic E-state index is 5.63. The molecule has 0 aliphatic rings. The quantitative estimate of drug-likeness (QED) is 0.287. The first-order valence-electron chi connectivity index (χ1n) is 9.32. The first kappa shape index (κ1) is 19.5. The van der Waals surface area contributed by atoms with Crippen LogP contribution in [0.4, 0.5) is 0 Å². The molecule has 1 radical (unpaired) electrons. The monoisotopic (exact) mass is 374 g/mol. The van der Waals surface area contributed by atoms with Gasteiger partial charge < -0.3 is 14.3 Å². The molecule has 0 spiro atoms. The van der Waals surface area contributed by atoms with Crippen LogP contribution in [-0.2, 0) is 4.84 Å². The zero-order valence-corrected chi connectivity index (χ0v) is 16.2. The minimum absolute atomic E-state index is 0.364. The van der Waals surface area contributed by atoms with Crippen molar-refractivity contribution in [3.8, 4) is 22.6 Å². The van der Waals surface area contributed by atoms with E-state index in [0.717, 1.165) is 17.7 Å². The standard InChI is InChI=1S/C24H24NO3/c1-3-24(21-14-12-20(13-15-21)19-8-5-4-6-9-19)25-28-17-16-27-23-11-7-10-22(18-23)26-2/h4-6,8-15,18H,3,16-17H2,1-2H3. The van der Waals surface area contributed by atoms with Crippen LogP contribution in [0.25, 0.3) is 11.1 Å². The fraction of sp³-hybridized carbons (Fsp3) is 0.208. The molecule has 0 fully saturated rings. The Kier molecular flexibility index (Phi) is 7.08. The van der Waals surface area contributed by atoms with Gasteiger partial charge >= 0.3 is 0 Å². The predicted molar refractivity (Wildman–Crippen MR) is 112 cm³/mol. The average Bonchev–Trinajstić information content (AvgIpc) is 2.77. The number of nitrogens with zero attached hydrogens (tertiary/aromatic N) is 1. The van der Waals surface area contributed by atoms with Crippen LogP contribution in [0.1, 0.15) is 18.9 Å². The zero-order chi connectivity index (χ0) is 19.6. The average molecular weight is 374 g/mol. The van der Waals surface area contributed by atoms with Gasteiger partial charge in [0.25, 0.3) is 0 Å². The second-order valence-corrected chi connectivity index (χ2v) is 6.13. The largest absolute Gasteiger partial charge is 0.497 e. The molecule has 0 atom stereocenters. The smallest absolute Gasteiger partial charge is 0.151 e. The summed E-state index contributed by atoms with van der Waals surface area (Å²) in [5, 5.41) is 4.28. The van der Waals surface area contributed by atoms with Crippen molar-refractivity contribution in [1.29, 1.82) is 0 Å².